The van der Waals surface area contributed by atoms with Gasteiger partial charge in [0.1, 0.15) is 0 Å². The maximum absolute atomic E-state index is 8.36. The van der Waals surface area contributed by atoms with Crippen molar-refractivity contribution in [2.24, 2.45) is 0 Å². The Kier molecular flexibility index (Phi) is 27.0. The van der Waals surface area contributed by atoms with E-state index in [9.17, 15) is 0 Å². The number of rotatable bonds is 0. The Balaban J connectivity index is -0.000000116. The average molecular weight is 184 g/mol. The van der Waals surface area contributed by atoms with E-state index in [0.717, 1.165) is 0 Å². The predicted octanol–water partition coefficient (Wildman–Crippen LogP) is -4.68. The van der Waals surface area contributed by atoms with Crippen molar-refractivity contribution in [2.75, 3.05) is 0 Å². The summed E-state index contributed by atoms with van der Waals surface area (Å²) in [6.07, 6.45) is 5.84. The molecule has 1 aliphatic heterocycles. The zero-order valence-corrected chi connectivity index (χ0v) is 8.97. The van der Waals surface area contributed by atoms with Gasteiger partial charge in [0, 0.05) is 6.20 Å². The molecule has 57 valence electrons. The molecule has 0 fully saturated rings. The molecule has 0 atom stereocenters. The van der Waals surface area contributed by atoms with E-state index in [1.165, 1.54) is 0 Å². The summed E-state index contributed by atoms with van der Waals surface area (Å²) < 4.78 is 2.93. The first-order valence-corrected chi connectivity index (χ1v) is 3.10. The van der Waals surface area contributed by atoms with Crippen LogP contribution in [0.25, 0.3) is 0 Å². The molecule has 4 N–H and O–H groups in total. The monoisotopic (exact) mass is 184 g/mol. The summed E-state index contributed by atoms with van der Waals surface area (Å²) in [6, 6.07) is 0. The molecule has 1 rings (SSSR count). The van der Waals surface area contributed by atoms with Crippen LogP contribution in [0.4, 0.5) is 0 Å². The molecule has 1 heterocycles. The SMILES string of the molecule is C1=CNSC=C1.O.[Na+].[O-][B]O. The molecule has 1 radical (unpaired) electrons. The van der Waals surface area contributed by atoms with Crippen molar-refractivity contribution in [3.63, 3.8) is 0 Å². The normalized spacial score (nSPS) is 10.7. The average Bonchev–Trinajstić information content (AvgIpc) is 1.93. The van der Waals surface area contributed by atoms with Crippen LogP contribution in [0.5, 0.6) is 0 Å². The molecular weight excluding hydrogens is 176 g/mol. The minimum absolute atomic E-state index is 0. The molecule has 0 unspecified atom stereocenters. The zero-order valence-electron chi connectivity index (χ0n) is 6.15. The van der Waals surface area contributed by atoms with Crippen LogP contribution in [0.1, 0.15) is 0 Å². The van der Waals surface area contributed by atoms with Crippen LogP contribution in [0.15, 0.2) is 23.8 Å². The predicted molar refractivity (Wildman–Crippen MR) is 40.6 cm³/mol. The Morgan fingerprint density at radius 2 is 2.00 bits per heavy atom. The molecule has 4 nitrogen and oxygen atoms in total. The van der Waals surface area contributed by atoms with E-state index in [-0.39, 0.29) is 42.7 Å². The summed E-state index contributed by atoms with van der Waals surface area (Å²) in [6.45, 7) is 0. The van der Waals surface area contributed by atoms with Gasteiger partial charge in [-0.25, -0.2) is 0 Å². The van der Waals surface area contributed by atoms with Crippen LogP contribution in [-0.2, 0) is 0 Å². The van der Waals surface area contributed by atoms with Crippen molar-refractivity contribution in [1.29, 1.82) is 0 Å². The van der Waals surface area contributed by atoms with Crippen molar-refractivity contribution < 1.29 is 45.1 Å². The van der Waals surface area contributed by atoms with Gasteiger partial charge < -0.3 is 20.2 Å². The van der Waals surface area contributed by atoms with Crippen LogP contribution in [0.2, 0.25) is 0 Å². The molecule has 7 heteroatoms. The van der Waals surface area contributed by atoms with Gasteiger partial charge in [0.05, 0.1) is 0 Å². The van der Waals surface area contributed by atoms with Gasteiger partial charge >= 0.3 is 29.6 Å². The third kappa shape index (κ3) is 18.0. The molecule has 0 aromatic rings. The van der Waals surface area contributed by atoms with Crippen molar-refractivity contribution in [3.05, 3.63) is 23.8 Å². The van der Waals surface area contributed by atoms with Gasteiger partial charge in [-0.2, -0.15) is 0 Å². The van der Waals surface area contributed by atoms with Gasteiger partial charge in [-0.05, 0) is 23.4 Å². The van der Waals surface area contributed by atoms with E-state index in [4.69, 9.17) is 10.0 Å². The van der Waals surface area contributed by atoms with Crippen LogP contribution >= 0.6 is 11.9 Å². The molecule has 0 aromatic carbocycles. The van der Waals surface area contributed by atoms with Gasteiger partial charge in [0.25, 0.3) is 0 Å². The number of hydrogen-bond acceptors (Lipinski definition) is 4. The summed E-state index contributed by atoms with van der Waals surface area (Å²) in [4.78, 5) is 0. The standard InChI is InChI=1S/C4H5NS.BHO2.Na.H2O/c1-2-4-6-5-3-1;2-1-3;;/h1-5H;2H;;1H2/q;-1;+1;. The maximum atomic E-state index is 8.36. The molecular formula is C4H8BNNaO3S. The molecule has 11 heavy (non-hydrogen) atoms. The van der Waals surface area contributed by atoms with E-state index in [0.29, 0.717) is 0 Å². The first-order valence-electron chi connectivity index (χ1n) is 2.22. The van der Waals surface area contributed by atoms with Crippen molar-refractivity contribution in [3.8, 4) is 0 Å². The Hall–Kier alpha value is 0.575. The van der Waals surface area contributed by atoms with Crippen molar-refractivity contribution in [1.82, 2.24) is 4.72 Å². The minimum Gasteiger partial charge on any atom is -0.861 e. The third-order valence-electron chi connectivity index (χ3n) is 0.490. The van der Waals surface area contributed by atoms with Gasteiger partial charge in [-0.15, -0.1) is 0 Å². The van der Waals surface area contributed by atoms with Crippen LogP contribution in [0, 0.1) is 0 Å². The van der Waals surface area contributed by atoms with E-state index < -0.39 is 0 Å². The number of hydrogen-bond donors (Lipinski definition) is 2. The topological polar surface area (TPSA) is 86.8 Å². The minimum atomic E-state index is -0.250. The molecule has 0 spiro atoms. The van der Waals surface area contributed by atoms with Crippen molar-refractivity contribution >= 4 is 19.6 Å². The summed E-state index contributed by atoms with van der Waals surface area (Å²) in [5.41, 5.74) is 0. The number of nitrogens with one attached hydrogen (secondary N) is 1. The molecule has 0 bridgehead atoms. The summed E-state index contributed by atoms with van der Waals surface area (Å²) in [7, 11) is -0.250. The quantitative estimate of drug-likeness (QED) is 0.292. The molecule has 0 saturated heterocycles. The molecule has 1 aliphatic rings. The van der Waals surface area contributed by atoms with Crippen LogP contribution in [0.3, 0.4) is 0 Å². The Morgan fingerprint density at radius 3 is 2.09 bits per heavy atom. The Morgan fingerprint density at radius 1 is 1.45 bits per heavy atom. The molecule has 0 aromatic heterocycles. The van der Waals surface area contributed by atoms with E-state index in [1.807, 2.05) is 23.8 Å². The zero-order chi connectivity index (χ0) is 6.95. The summed E-state index contributed by atoms with van der Waals surface area (Å²) in [5.74, 6) is 0. The first-order chi connectivity index (χ1) is 4.41. The molecule has 0 saturated carbocycles. The second-order valence-electron chi connectivity index (χ2n) is 1.03. The van der Waals surface area contributed by atoms with Gasteiger partial charge in [-0.1, -0.05) is 6.08 Å². The van der Waals surface area contributed by atoms with Gasteiger partial charge in [-0.3, -0.25) is 0 Å². The second kappa shape index (κ2) is 16.9. The fourth-order valence-corrected chi connectivity index (χ4v) is 0.663. The molecule has 0 amide bonds. The summed E-state index contributed by atoms with van der Waals surface area (Å²) >= 11 is 1.58. The number of allylic oxidation sites excluding steroid dienone is 2. The van der Waals surface area contributed by atoms with E-state index in [1.54, 1.807) is 11.9 Å². The fraction of sp³-hybridized carbons (Fsp3) is 0. The summed E-state index contributed by atoms with van der Waals surface area (Å²) in [5, 5.41) is 17.2. The second-order valence-corrected chi connectivity index (χ2v) is 1.77. The van der Waals surface area contributed by atoms with Crippen LogP contribution in [-0.4, -0.2) is 18.2 Å². The van der Waals surface area contributed by atoms with E-state index in [2.05, 4.69) is 4.72 Å². The third-order valence-corrected chi connectivity index (χ3v) is 1.06. The first kappa shape index (κ1) is 17.6. The smallest absolute Gasteiger partial charge is 0.861 e. The largest absolute Gasteiger partial charge is 1.00 e. The van der Waals surface area contributed by atoms with Crippen molar-refractivity contribution in [2.45, 2.75) is 0 Å². The molecule has 0 aliphatic carbocycles. The van der Waals surface area contributed by atoms with Gasteiger partial charge in [0.2, 0.25) is 0 Å². The Labute approximate surface area is 92.8 Å². The van der Waals surface area contributed by atoms with Crippen LogP contribution < -0.4 is 39.3 Å². The van der Waals surface area contributed by atoms with Gasteiger partial charge in [0.15, 0.2) is 7.69 Å². The Bertz CT molecular complexity index is 102. The fourth-order valence-electron chi connectivity index (χ4n) is 0.258. The maximum Gasteiger partial charge on any atom is 1.00 e. The van der Waals surface area contributed by atoms with E-state index >= 15 is 0 Å².